The van der Waals surface area contributed by atoms with E-state index in [-0.39, 0.29) is 48.9 Å². The maximum Gasteiger partial charge on any atom is 0.409 e. The number of hydrogen-bond donors (Lipinski definition) is 1. The van der Waals surface area contributed by atoms with Crippen LogP contribution in [0.15, 0.2) is 36.4 Å². The summed E-state index contributed by atoms with van der Waals surface area (Å²) in [7, 11) is 3.85. The number of piperidine rings is 2. The minimum atomic E-state index is -0.760. The largest absolute Gasteiger partial charge is 0.469 e. The standard InChI is InChI=1S/C15H17F2NO4.C13H15F2NO2.ClH/c1-21-14(19)9-5-6-18(15(20)22-2)13(7-9)11-4-3-10(16)8-12(11)17;1-18-13(17)8-4-5-16-12(6-8)10-3-2-9(14)7-11(10)15;/h3-4,8-9,13H,5-7H2,1-2H3;2-3,7-8,12,16H,4-6H2,1H3;1H. The van der Waals surface area contributed by atoms with Crippen molar-refractivity contribution < 1.29 is 46.2 Å². The maximum atomic E-state index is 14.1. The van der Waals surface area contributed by atoms with Gasteiger partial charge in [0.25, 0.3) is 0 Å². The molecule has 4 unspecified atom stereocenters. The van der Waals surface area contributed by atoms with Crippen LogP contribution in [-0.2, 0) is 23.8 Å². The first-order chi connectivity index (χ1) is 19.1. The average Bonchev–Trinajstić information content (AvgIpc) is 2.96. The van der Waals surface area contributed by atoms with E-state index < -0.39 is 47.3 Å². The summed E-state index contributed by atoms with van der Waals surface area (Å²) in [6.45, 7) is 0.842. The summed E-state index contributed by atoms with van der Waals surface area (Å²) >= 11 is 0. The zero-order valence-electron chi connectivity index (χ0n) is 22.8. The lowest BCUT2D eigenvalue weighted by Crippen LogP contribution is -2.43. The summed E-state index contributed by atoms with van der Waals surface area (Å²) in [5.41, 5.74) is 0.547. The lowest BCUT2D eigenvalue weighted by molar-refractivity contribution is -0.148. The monoisotopic (exact) mass is 604 g/mol. The molecule has 0 spiro atoms. The van der Waals surface area contributed by atoms with Crippen LogP contribution in [0, 0.1) is 35.1 Å². The molecule has 4 atom stereocenters. The molecule has 0 aromatic heterocycles. The second-order valence-corrected chi connectivity index (χ2v) is 9.51. The zero-order chi connectivity index (χ0) is 29.4. The van der Waals surface area contributed by atoms with Crippen molar-refractivity contribution in [3.63, 3.8) is 0 Å². The van der Waals surface area contributed by atoms with Crippen LogP contribution in [0.2, 0.25) is 0 Å². The molecular formula is C28H33ClF4N2O6. The fraction of sp³-hybridized carbons (Fsp3) is 0.464. The number of carbonyl (C=O) groups is 3. The number of halogens is 5. The Morgan fingerprint density at radius 1 is 0.780 bits per heavy atom. The third-order valence-corrected chi connectivity index (χ3v) is 7.14. The number of hydrogen-bond acceptors (Lipinski definition) is 7. The van der Waals surface area contributed by atoms with Gasteiger partial charge >= 0.3 is 18.0 Å². The van der Waals surface area contributed by atoms with E-state index in [1.54, 1.807) is 0 Å². The van der Waals surface area contributed by atoms with Gasteiger partial charge in [0, 0.05) is 35.8 Å². The van der Waals surface area contributed by atoms with Gasteiger partial charge < -0.3 is 24.4 Å². The van der Waals surface area contributed by atoms with Crippen molar-refractivity contribution in [2.45, 2.75) is 37.8 Å². The van der Waals surface area contributed by atoms with Crippen molar-refractivity contribution >= 4 is 30.4 Å². The van der Waals surface area contributed by atoms with Crippen LogP contribution >= 0.6 is 12.4 Å². The fourth-order valence-electron chi connectivity index (χ4n) is 5.07. The number of carbonyl (C=O) groups excluding carboxylic acids is 3. The minimum Gasteiger partial charge on any atom is -0.469 e. The van der Waals surface area contributed by atoms with Crippen molar-refractivity contribution in [2.24, 2.45) is 11.8 Å². The van der Waals surface area contributed by atoms with Gasteiger partial charge in [0.1, 0.15) is 23.3 Å². The quantitative estimate of drug-likeness (QED) is 0.289. The van der Waals surface area contributed by atoms with Crippen molar-refractivity contribution in [3.8, 4) is 0 Å². The average molecular weight is 605 g/mol. The Bertz CT molecular complexity index is 1220. The molecule has 2 saturated heterocycles. The van der Waals surface area contributed by atoms with Gasteiger partial charge in [0.2, 0.25) is 0 Å². The summed E-state index contributed by atoms with van der Waals surface area (Å²) in [6.07, 6.45) is 1.13. The smallest absolute Gasteiger partial charge is 0.409 e. The van der Waals surface area contributed by atoms with E-state index in [1.807, 2.05) is 0 Å². The molecule has 4 rings (SSSR count). The summed E-state index contributed by atoms with van der Waals surface area (Å²) in [5.74, 6) is -4.00. The molecule has 0 aliphatic carbocycles. The summed E-state index contributed by atoms with van der Waals surface area (Å²) in [4.78, 5) is 36.4. The van der Waals surface area contributed by atoms with Gasteiger partial charge in [-0.2, -0.15) is 0 Å². The maximum absolute atomic E-state index is 14.1. The second-order valence-electron chi connectivity index (χ2n) is 9.51. The third-order valence-electron chi connectivity index (χ3n) is 7.14. The van der Waals surface area contributed by atoms with E-state index in [1.165, 1.54) is 44.4 Å². The number of rotatable bonds is 4. The second kappa shape index (κ2) is 15.6. The first kappa shape index (κ1) is 33.8. The first-order valence-electron chi connectivity index (χ1n) is 12.7. The minimum absolute atomic E-state index is 0. The van der Waals surface area contributed by atoms with Gasteiger partial charge in [-0.15, -0.1) is 12.4 Å². The summed E-state index contributed by atoms with van der Waals surface area (Å²) < 4.78 is 67.7. The Kier molecular flexibility index (Phi) is 12.8. The molecule has 2 aliphatic rings. The molecule has 0 bridgehead atoms. The summed E-state index contributed by atoms with van der Waals surface area (Å²) in [5, 5.41) is 3.13. The van der Waals surface area contributed by atoms with Crippen molar-refractivity contribution in [3.05, 3.63) is 70.8 Å². The van der Waals surface area contributed by atoms with Crippen LogP contribution in [0.4, 0.5) is 22.4 Å². The molecule has 2 fully saturated rings. The van der Waals surface area contributed by atoms with Crippen LogP contribution < -0.4 is 5.32 Å². The first-order valence-corrected chi connectivity index (χ1v) is 12.7. The van der Waals surface area contributed by atoms with Gasteiger partial charge in [-0.1, -0.05) is 12.1 Å². The predicted octanol–water partition coefficient (Wildman–Crippen LogP) is 5.26. The van der Waals surface area contributed by atoms with Gasteiger partial charge in [0.15, 0.2) is 0 Å². The molecule has 2 aromatic rings. The van der Waals surface area contributed by atoms with E-state index in [4.69, 9.17) is 14.2 Å². The molecule has 2 heterocycles. The Balaban J connectivity index is 0.000000285. The van der Waals surface area contributed by atoms with Crippen molar-refractivity contribution in [2.75, 3.05) is 34.4 Å². The van der Waals surface area contributed by atoms with Crippen molar-refractivity contribution in [1.29, 1.82) is 0 Å². The topological polar surface area (TPSA) is 94.2 Å². The van der Waals surface area contributed by atoms with Crippen molar-refractivity contribution in [1.82, 2.24) is 10.2 Å². The number of ether oxygens (including phenoxy) is 3. The highest BCUT2D eigenvalue weighted by Crippen LogP contribution is 2.36. The molecule has 41 heavy (non-hydrogen) atoms. The molecule has 8 nitrogen and oxygen atoms in total. The van der Waals surface area contributed by atoms with Gasteiger partial charge in [-0.25, -0.2) is 22.4 Å². The molecule has 226 valence electrons. The fourth-order valence-corrected chi connectivity index (χ4v) is 5.07. The number of amides is 1. The Hall–Kier alpha value is -3.38. The number of methoxy groups -OCH3 is 3. The van der Waals surface area contributed by atoms with Crippen LogP contribution in [0.5, 0.6) is 0 Å². The SMILES string of the molecule is COC(=O)C1CCN(C(=O)OC)C(c2ccc(F)cc2F)C1.COC(=O)C1CCNC(c2ccc(F)cc2F)C1.Cl. The molecule has 1 amide bonds. The number of nitrogens with one attached hydrogen (secondary N) is 1. The number of nitrogens with zero attached hydrogens (tertiary/aromatic N) is 1. The van der Waals surface area contributed by atoms with Crippen LogP contribution in [-0.4, -0.2) is 57.4 Å². The normalized spacial score (nSPS) is 21.9. The number of likely N-dealkylation sites (tertiary alicyclic amines) is 1. The Morgan fingerprint density at radius 3 is 1.83 bits per heavy atom. The molecular weight excluding hydrogens is 572 g/mol. The van der Waals surface area contributed by atoms with Crippen LogP contribution in [0.25, 0.3) is 0 Å². The van der Waals surface area contributed by atoms with Gasteiger partial charge in [-0.05, 0) is 44.4 Å². The van der Waals surface area contributed by atoms with E-state index in [0.29, 0.717) is 31.4 Å². The number of benzene rings is 2. The van der Waals surface area contributed by atoms with E-state index in [0.717, 1.165) is 18.2 Å². The third kappa shape index (κ3) is 8.56. The lowest BCUT2D eigenvalue weighted by atomic mass is 9.87. The molecule has 2 aromatic carbocycles. The van der Waals surface area contributed by atoms with E-state index in [2.05, 4.69) is 5.32 Å². The predicted molar refractivity (Wildman–Crippen MR) is 142 cm³/mol. The van der Waals surface area contributed by atoms with E-state index in [9.17, 15) is 31.9 Å². The molecule has 0 radical (unpaired) electrons. The number of esters is 2. The summed E-state index contributed by atoms with van der Waals surface area (Å²) in [6, 6.07) is 5.68. The van der Waals surface area contributed by atoms with Gasteiger partial charge in [0.05, 0.1) is 39.2 Å². The highest BCUT2D eigenvalue weighted by Gasteiger charge is 2.38. The van der Waals surface area contributed by atoms with Crippen LogP contribution in [0.3, 0.4) is 0 Å². The molecule has 13 heteroatoms. The zero-order valence-corrected chi connectivity index (χ0v) is 23.6. The highest BCUT2D eigenvalue weighted by molar-refractivity contribution is 5.85. The van der Waals surface area contributed by atoms with Crippen LogP contribution in [0.1, 0.15) is 48.9 Å². The highest BCUT2D eigenvalue weighted by atomic mass is 35.5. The molecule has 1 N–H and O–H groups in total. The molecule has 0 saturated carbocycles. The van der Waals surface area contributed by atoms with Gasteiger partial charge in [-0.3, -0.25) is 9.59 Å². The molecule has 2 aliphatic heterocycles. The lowest BCUT2D eigenvalue weighted by Gasteiger charge is -2.37. The Morgan fingerprint density at radius 2 is 1.32 bits per heavy atom. The Labute approximate surface area is 241 Å². The van der Waals surface area contributed by atoms with E-state index >= 15 is 0 Å².